The number of carbonyl (C=O) groups excluding carboxylic acids is 1. The van der Waals surface area contributed by atoms with Gasteiger partial charge in [-0.15, -0.1) is 6.58 Å². The summed E-state index contributed by atoms with van der Waals surface area (Å²) in [6, 6.07) is 0. The number of alkyl halides is 5. The number of carbonyl (C=O) groups is 1. The second kappa shape index (κ2) is 4.59. The van der Waals surface area contributed by atoms with E-state index in [-0.39, 0.29) is 6.42 Å². The van der Waals surface area contributed by atoms with E-state index in [1.165, 1.54) is 13.0 Å². The zero-order valence-corrected chi connectivity index (χ0v) is 7.78. The summed E-state index contributed by atoms with van der Waals surface area (Å²) in [4.78, 5) is 10.5. The molecule has 0 aliphatic rings. The van der Waals surface area contributed by atoms with E-state index in [4.69, 9.17) is 0 Å². The Balaban J connectivity index is 4.51. The maximum absolute atomic E-state index is 12.3. The highest BCUT2D eigenvalue weighted by Crippen LogP contribution is 2.36. The first-order valence-electron chi connectivity index (χ1n) is 3.89. The standard InChI is InChI=1S/C8H9F5O2/c1-3-4-5(2)15-6(14)7(9,10)8(11,12)13/h3,5H,1,4H2,2H3. The Hall–Kier alpha value is -1.14. The summed E-state index contributed by atoms with van der Waals surface area (Å²) < 4.78 is 63.4. The molecule has 0 rings (SSSR count). The predicted molar refractivity (Wildman–Crippen MR) is 41.4 cm³/mol. The summed E-state index contributed by atoms with van der Waals surface area (Å²) in [5, 5.41) is 0. The van der Waals surface area contributed by atoms with E-state index in [9.17, 15) is 26.7 Å². The van der Waals surface area contributed by atoms with E-state index < -0.39 is 24.2 Å². The Bertz CT molecular complexity index is 246. The molecule has 0 aliphatic carbocycles. The molecule has 1 atom stereocenters. The first-order valence-corrected chi connectivity index (χ1v) is 3.89. The van der Waals surface area contributed by atoms with Gasteiger partial charge in [0.2, 0.25) is 0 Å². The first kappa shape index (κ1) is 13.9. The Morgan fingerprint density at radius 3 is 2.20 bits per heavy atom. The van der Waals surface area contributed by atoms with Crippen LogP contribution in [0.5, 0.6) is 0 Å². The lowest BCUT2D eigenvalue weighted by Gasteiger charge is -2.20. The molecule has 0 radical (unpaired) electrons. The van der Waals surface area contributed by atoms with Crippen LogP contribution in [0.15, 0.2) is 12.7 Å². The molecule has 0 saturated carbocycles. The van der Waals surface area contributed by atoms with Crippen LogP contribution < -0.4 is 0 Å². The fourth-order valence-corrected chi connectivity index (χ4v) is 0.655. The van der Waals surface area contributed by atoms with Crippen molar-refractivity contribution < 1.29 is 31.5 Å². The maximum atomic E-state index is 12.3. The molecule has 0 aromatic rings. The second-order valence-electron chi connectivity index (χ2n) is 2.81. The van der Waals surface area contributed by atoms with Crippen molar-refractivity contribution >= 4 is 5.97 Å². The molecule has 0 heterocycles. The average Bonchev–Trinajstić information content (AvgIpc) is 2.02. The molecule has 0 bridgehead atoms. The van der Waals surface area contributed by atoms with Gasteiger partial charge in [-0.2, -0.15) is 22.0 Å². The van der Waals surface area contributed by atoms with Crippen LogP contribution in [0.3, 0.4) is 0 Å². The zero-order valence-electron chi connectivity index (χ0n) is 7.78. The van der Waals surface area contributed by atoms with Crippen LogP contribution in [0.25, 0.3) is 0 Å². The quantitative estimate of drug-likeness (QED) is 0.423. The number of halogens is 5. The van der Waals surface area contributed by atoms with Crippen LogP contribution >= 0.6 is 0 Å². The highest BCUT2D eigenvalue weighted by atomic mass is 19.4. The minimum atomic E-state index is -5.93. The fourth-order valence-electron chi connectivity index (χ4n) is 0.655. The third-order valence-corrected chi connectivity index (χ3v) is 1.42. The van der Waals surface area contributed by atoms with Crippen molar-refractivity contribution in [3.05, 3.63) is 12.7 Å². The van der Waals surface area contributed by atoms with E-state index in [1.54, 1.807) is 0 Å². The van der Waals surface area contributed by atoms with Crippen molar-refractivity contribution in [2.75, 3.05) is 0 Å². The summed E-state index contributed by atoms with van der Waals surface area (Å²) >= 11 is 0. The Morgan fingerprint density at radius 1 is 1.40 bits per heavy atom. The van der Waals surface area contributed by atoms with Crippen LogP contribution in [0, 0.1) is 0 Å². The Labute approximate surface area is 82.7 Å². The van der Waals surface area contributed by atoms with Crippen LogP contribution in [0.4, 0.5) is 22.0 Å². The molecule has 2 nitrogen and oxygen atoms in total. The van der Waals surface area contributed by atoms with Crippen molar-refractivity contribution in [1.29, 1.82) is 0 Å². The van der Waals surface area contributed by atoms with Crippen molar-refractivity contribution in [2.45, 2.75) is 31.5 Å². The summed E-state index contributed by atoms with van der Waals surface area (Å²) in [6.45, 7) is 4.40. The molecule has 7 heteroatoms. The highest BCUT2D eigenvalue weighted by Gasteiger charge is 2.65. The molecule has 0 aromatic carbocycles. The molecule has 0 amide bonds. The summed E-state index contributed by atoms with van der Waals surface area (Å²) in [5.41, 5.74) is 0. The molecule has 0 N–H and O–H groups in total. The SMILES string of the molecule is C=CCC(C)OC(=O)C(F)(F)C(F)(F)F. The average molecular weight is 232 g/mol. The number of hydrogen-bond donors (Lipinski definition) is 0. The number of rotatable bonds is 4. The van der Waals surface area contributed by atoms with Crippen LogP contribution in [0.2, 0.25) is 0 Å². The van der Waals surface area contributed by atoms with Gasteiger partial charge in [0.1, 0.15) is 6.10 Å². The van der Waals surface area contributed by atoms with Gasteiger partial charge >= 0.3 is 18.1 Å². The largest absolute Gasteiger partial charge is 0.465 e. The molecular formula is C8H9F5O2. The smallest absolute Gasteiger partial charge is 0.458 e. The topological polar surface area (TPSA) is 26.3 Å². The van der Waals surface area contributed by atoms with Gasteiger partial charge < -0.3 is 4.74 Å². The van der Waals surface area contributed by atoms with Gasteiger partial charge in [0.15, 0.2) is 0 Å². The van der Waals surface area contributed by atoms with Crippen molar-refractivity contribution in [3.8, 4) is 0 Å². The lowest BCUT2D eigenvalue weighted by molar-refractivity contribution is -0.282. The lowest BCUT2D eigenvalue weighted by atomic mass is 10.2. The summed E-state index contributed by atoms with van der Waals surface area (Å²) in [5.74, 6) is -8.06. The molecule has 1 unspecified atom stereocenters. The highest BCUT2D eigenvalue weighted by molar-refractivity contribution is 5.78. The van der Waals surface area contributed by atoms with Gasteiger partial charge in [-0.05, 0) is 6.92 Å². The first-order chi connectivity index (χ1) is 6.63. The van der Waals surface area contributed by atoms with Gasteiger partial charge in [0.05, 0.1) is 0 Å². The van der Waals surface area contributed by atoms with Gasteiger partial charge in [0.25, 0.3) is 0 Å². The molecule has 0 aromatic heterocycles. The van der Waals surface area contributed by atoms with E-state index >= 15 is 0 Å². The number of hydrogen-bond acceptors (Lipinski definition) is 2. The number of ether oxygens (including phenoxy) is 1. The molecule has 0 fully saturated rings. The molecule has 0 aliphatic heterocycles. The Morgan fingerprint density at radius 2 is 1.87 bits per heavy atom. The van der Waals surface area contributed by atoms with Crippen molar-refractivity contribution in [1.82, 2.24) is 0 Å². The molecule has 0 spiro atoms. The minimum absolute atomic E-state index is 0.000320. The van der Waals surface area contributed by atoms with Crippen molar-refractivity contribution in [2.24, 2.45) is 0 Å². The molecule has 88 valence electrons. The van der Waals surface area contributed by atoms with Crippen LogP contribution in [-0.2, 0) is 9.53 Å². The van der Waals surface area contributed by atoms with Gasteiger partial charge in [-0.3, -0.25) is 0 Å². The number of esters is 1. The Kier molecular flexibility index (Phi) is 4.24. The normalized spacial score (nSPS) is 14.5. The molecular weight excluding hydrogens is 223 g/mol. The van der Waals surface area contributed by atoms with Gasteiger partial charge in [-0.25, -0.2) is 4.79 Å². The van der Waals surface area contributed by atoms with E-state index in [0.717, 1.165) is 0 Å². The minimum Gasteiger partial charge on any atom is -0.458 e. The van der Waals surface area contributed by atoms with E-state index in [1.807, 2.05) is 0 Å². The summed E-state index contributed by atoms with van der Waals surface area (Å²) in [6.07, 6.45) is -5.76. The third-order valence-electron chi connectivity index (χ3n) is 1.42. The second-order valence-corrected chi connectivity index (χ2v) is 2.81. The lowest BCUT2D eigenvalue weighted by Crippen LogP contribution is -2.46. The maximum Gasteiger partial charge on any atom is 0.465 e. The van der Waals surface area contributed by atoms with Crippen LogP contribution in [0.1, 0.15) is 13.3 Å². The predicted octanol–water partition coefficient (Wildman–Crippen LogP) is 2.69. The zero-order chi connectivity index (χ0) is 12.3. The summed E-state index contributed by atoms with van der Waals surface area (Å²) in [7, 11) is 0. The van der Waals surface area contributed by atoms with E-state index in [2.05, 4.69) is 11.3 Å². The third kappa shape index (κ3) is 3.49. The molecule has 15 heavy (non-hydrogen) atoms. The van der Waals surface area contributed by atoms with Crippen LogP contribution in [-0.4, -0.2) is 24.2 Å². The fraction of sp³-hybridized carbons (Fsp3) is 0.625. The van der Waals surface area contributed by atoms with E-state index in [0.29, 0.717) is 0 Å². The monoisotopic (exact) mass is 232 g/mol. The van der Waals surface area contributed by atoms with Gasteiger partial charge in [-0.1, -0.05) is 6.08 Å². The molecule has 0 saturated heterocycles. The van der Waals surface area contributed by atoms with Crippen molar-refractivity contribution in [3.63, 3.8) is 0 Å². The van der Waals surface area contributed by atoms with Gasteiger partial charge in [0, 0.05) is 6.42 Å².